The number of nitrogens with one attached hydrogen (secondary N) is 1. The van der Waals surface area contributed by atoms with E-state index in [-0.39, 0.29) is 0 Å². The van der Waals surface area contributed by atoms with Crippen molar-refractivity contribution in [2.75, 3.05) is 34.2 Å². The molecule has 0 rings (SSSR count). The Labute approximate surface area is 78.6 Å². The van der Waals surface area contributed by atoms with Gasteiger partial charge in [0, 0.05) is 13.0 Å². The van der Waals surface area contributed by atoms with Crippen molar-refractivity contribution < 1.29 is 9.28 Å². The zero-order chi connectivity index (χ0) is 10.3. The maximum absolute atomic E-state index is 10.7. The summed E-state index contributed by atoms with van der Waals surface area (Å²) in [5.74, 6) is -0.420. The summed E-state index contributed by atoms with van der Waals surface area (Å²) in [5, 5.41) is 14.6. The third kappa shape index (κ3) is 8.81. The summed E-state index contributed by atoms with van der Waals surface area (Å²) < 4.78 is 0.867. The van der Waals surface area contributed by atoms with Crippen LogP contribution in [0.25, 0.3) is 0 Å². The van der Waals surface area contributed by atoms with Gasteiger partial charge in [-0.1, -0.05) is 0 Å². The molecule has 0 saturated heterocycles. The lowest BCUT2D eigenvalue weighted by molar-refractivity contribution is -0.870. The van der Waals surface area contributed by atoms with Gasteiger partial charge in [0.2, 0.25) is 0 Å². The van der Waals surface area contributed by atoms with Crippen LogP contribution in [0.3, 0.4) is 0 Å². The molecule has 0 aromatic heterocycles. The first kappa shape index (κ1) is 11.9. The highest BCUT2D eigenvalue weighted by Gasteiger charge is 2.05. The van der Waals surface area contributed by atoms with Gasteiger partial charge in [-0.15, -0.1) is 0 Å². The van der Waals surface area contributed by atoms with Crippen molar-refractivity contribution in [1.29, 1.82) is 0 Å². The summed E-state index contributed by atoms with van der Waals surface area (Å²) in [6.45, 7) is 1.56. The van der Waals surface area contributed by atoms with Crippen LogP contribution in [0.1, 0.15) is 6.42 Å². The highest BCUT2D eigenvalue weighted by atomic mass is 16.4. The average molecular weight is 187 g/mol. The fourth-order valence-electron chi connectivity index (χ4n) is 0.858. The summed E-state index contributed by atoms with van der Waals surface area (Å²) in [6, 6.07) is 0. The SMILES string of the molecule is C[N+](C)(C)CCCNC(=O)/C=N/[O-]. The van der Waals surface area contributed by atoms with Crippen LogP contribution in [-0.2, 0) is 4.79 Å². The van der Waals surface area contributed by atoms with Gasteiger partial charge in [0.15, 0.2) is 0 Å². The molecule has 0 aliphatic heterocycles. The zero-order valence-corrected chi connectivity index (χ0v) is 8.41. The first-order valence-electron chi connectivity index (χ1n) is 4.19. The molecule has 5 nitrogen and oxygen atoms in total. The first-order chi connectivity index (χ1) is 5.95. The Bertz CT molecular complexity index is 184. The van der Waals surface area contributed by atoms with E-state index in [9.17, 15) is 10.0 Å². The molecular weight excluding hydrogens is 170 g/mol. The van der Waals surface area contributed by atoms with Crippen molar-refractivity contribution in [2.45, 2.75) is 6.42 Å². The number of hydrogen-bond acceptors (Lipinski definition) is 3. The largest absolute Gasteiger partial charge is 0.792 e. The minimum Gasteiger partial charge on any atom is -0.792 e. The van der Waals surface area contributed by atoms with Gasteiger partial charge in [-0.3, -0.25) is 4.79 Å². The quantitative estimate of drug-likeness (QED) is 0.279. The van der Waals surface area contributed by atoms with Gasteiger partial charge >= 0.3 is 0 Å². The summed E-state index contributed by atoms with van der Waals surface area (Å²) in [4.78, 5) is 10.7. The molecule has 0 atom stereocenters. The van der Waals surface area contributed by atoms with Gasteiger partial charge in [-0.25, -0.2) is 0 Å². The second kappa shape index (κ2) is 5.53. The van der Waals surface area contributed by atoms with Crippen molar-refractivity contribution in [3.8, 4) is 0 Å². The summed E-state index contributed by atoms with van der Waals surface area (Å²) in [6.07, 6.45) is 1.63. The minimum absolute atomic E-state index is 0.420. The van der Waals surface area contributed by atoms with E-state index in [4.69, 9.17) is 0 Å². The van der Waals surface area contributed by atoms with Crippen LogP contribution in [0.2, 0.25) is 0 Å². The van der Waals surface area contributed by atoms with E-state index in [1.807, 2.05) is 0 Å². The van der Waals surface area contributed by atoms with Crippen LogP contribution in [0.4, 0.5) is 0 Å². The normalized spacial score (nSPS) is 11.9. The molecule has 0 fully saturated rings. The topological polar surface area (TPSA) is 64.5 Å². The predicted molar refractivity (Wildman–Crippen MR) is 52.4 cm³/mol. The van der Waals surface area contributed by atoms with E-state index in [2.05, 4.69) is 31.6 Å². The molecule has 0 aromatic carbocycles. The number of hydrogen-bond donors (Lipinski definition) is 1. The van der Waals surface area contributed by atoms with Gasteiger partial charge in [0.05, 0.1) is 33.9 Å². The standard InChI is InChI=1S/C8H17N3O2/c1-11(2,3)6-4-5-9-8(12)7-10-13/h7H,4-6H2,1-3H3,(H-,9,12,13). The van der Waals surface area contributed by atoms with E-state index >= 15 is 0 Å². The molecule has 0 radical (unpaired) electrons. The lowest BCUT2D eigenvalue weighted by atomic mass is 10.3. The number of amides is 1. The highest BCUT2D eigenvalue weighted by molar-refractivity contribution is 6.26. The smallest absolute Gasteiger partial charge is 0.261 e. The summed E-state index contributed by atoms with van der Waals surface area (Å²) in [7, 11) is 6.25. The predicted octanol–water partition coefficient (Wildman–Crippen LogP) is -0.232. The molecule has 0 aliphatic carbocycles. The lowest BCUT2D eigenvalue weighted by Gasteiger charge is -2.23. The van der Waals surface area contributed by atoms with Gasteiger partial charge in [0.1, 0.15) is 0 Å². The van der Waals surface area contributed by atoms with Crippen molar-refractivity contribution in [3.63, 3.8) is 0 Å². The molecule has 0 unspecified atom stereocenters. The molecule has 0 aromatic rings. The van der Waals surface area contributed by atoms with E-state index in [0.29, 0.717) is 6.54 Å². The number of quaternary nitrogens is 1. The molecule has 5 heteroatoms. The summed E-state index contributed by atoms with van der Waals surface area (Å²) >= 11 is 0. The van der Waals surface area contributed by atoms with E-state index in [0.717, 1.165) is 23.7 Å². The van der Waals surface area contributed by atoms with Crippen LogP contribution < -0.4 is 5.32 Å². The molecule has 1 amide bonds. The Balaban J connectivity index is 3.41. The Morgan fingerprint density at radius 1 is 1.54 bits per heavy atom. The van der Waals surface area contributed by atoms with Gasteiger partial charge in [0.25, 0.3) is 5.91 Å². The van der Waals surface area contributed by atoms with Crippen LogP contribution in [0.15, 0.2) is 5.16 Å². The molecule has 0 aliphatic rings. The fraction of sp³-hybridized carbons (Fsp3) is 0.750. The minimum atomic E-state index is -0.420. The van der Waals surface area contributed by atoms with Gasteiger partial charge < -0.3 is 20.2 Å². The number of rotatable bonds is 5. The molecule has 1 N–H and O–H groups in total. The van der Waals surface area contributed by atoms with Gasteiger partial charge in [-0.05, 0) is 0 Å². The van der Waals surface area contributed by atoms with Gasteiger partial charge in [-0.2, -0.15) is 0 Å². The molecular formula is C8H17N3O2. The second-order valence-electron chi connectivity index (χ2n) is 3.89. The maximum Gasteiger partial charge on any atom is 0.261 e. The van der Waals surface area contributed by atoms with Crippen molar-refractivity contribution in [3.05, 3.63) is 5.21 Å². The number of nitrogens with zero attached hydrogens (tertiary/aromatic N) is 2. The lowest BCUT2D eigenvalue weighted by Crippen LogP contribution is -2.37. The third-order valence-corrected chi connectivity index (χ3v) is 1.47. The Morgan fingerprint density at radius 2 is 2.15 bits per heavy atom. The molecule has 0 bridgehead atoms. The molecule has 0 saturated carbocycles. The Hall–Kier alpha value is -1.10. The zero-order valence-electron chi connectivity index (χ0n) is 8.41. The van der Waals surface area contributed by atoms with E-state index in [1.165, 1.54) is 0 Å². The second-order valence-corrected chi connectivity index (χ2v) is 3.89. The maximum atomic E-state index is 10.7. The van der Waals surface area contributed by atoms with Crippen LogP contribution in [-0.4, -0.2) is 50.8 Å². The van der Waals surface area contributed by atoms with Crippen LogP contribution >= 0.6 is 0 Å². The van der Waals surface area contributed by atoms with E-state index < -0.39 is 5.91 Å². The molecule has 0 spiro atoms. The molecule has 13 heavy (non-hydrogen) atoms. The highest BCUT2D eigenvalue weighted by Crippen LogP contribution is 1.91. The third-order valence-electron chi connectivity index (χ3n) is 1.47. The van der Waals surface area contributed by atoms with Crippen LogP contribution in [0, 0.1) is 5.21 Å². The Kier molecular flexibility index (Phi) is 5.06. The van der Waals surface area contributed by atoms with Crippen molar-refractivity contribution >= 4 is 12.1 Å². The number of carbonyl (C=O) groups excluding carboxylic acids is 1. The molecule has 0 heterocycles. The molecule has 76 valence electrons. The fourth-order valence-corrected chi connectivity index (χ4v) is 0.858. The van der Waals surface area contributed by atoms with Crippen molar-refractivity contribution in [2.24, 2.45) is 5.16 Å². The first-order valence-corrected chi connectivity index (χ1v) is 4.19. The summed E-state index contributed by atoms with van der Waals surface area (Å²) in [5.41, 5.74) is 0. The van der Waals surface area contributed by atoms with Crippen molar-refractivity contribution in [1.82, 2.24) is 5.32 Å². The van der Waals surface area contributed by atoms with Crippen LogP contribution in [0.5, 0.6) is 0 Å². The Morgan fingerprint density at radius 3 is 2.62 bits per heavy atom. The van der Waals surface area contributed by atoms with E-state index in [1.54, 1.807) is 0 Å². The average Bonchev–Trinajstić information content (AvgIpc) is 1.97. The monoisotopic (exact) mass is 187 g/mol. The number of carbonyl (C=O) groups is 1.